The topological polar surface area (TPSA) is 66.4 Å². The number of thiophene rings is 1. The van der Waals surface area contributed by atoms with Crippen LogP contribution in [0.1, 0.15) is 43.4 Å². The lowest BCUT2D eigenvalue weighted by Gasteiger charge is -2.09. The van der Waals surface area contributed by atoms with Crippen molar-refractivity contribution in [3.8, 4) is 10.4 Å². The van der Waals surface area contributed by atoms with Crippen molar-refractivity contribution in [3.05, 3.63) is 52.0 Å². The molecule has 3 rings (SSSR count). The molecule has 2 aromatic rings. The van der Waals surface area contributed by atoms with E-state index in [9.17, 15) is 14.7 Å². The van der Waals surface area contributed by atoms with Crippen molar-refractivity contribution in [1.82, 2.24) is 5.32 Å². The van der Waals surface area contributed by atoms with Crippen LogP contribution in [0, 0.1) is 5.92 Å². The van der Waals surface area contributed by atoms with Gasteiger partial charge in [-0.25, -0.2) is 4.79 Å². The predicted octanol–water partition coefficient (Wildman–Crippen LogP) is 5.58. The lowest BCUT2D eigenvalue weighted by atomic mass is 10.0. The number of carbonyl (C=O) groups is 2. The fourth-order valence-corrected chi connectivity index (χ4v) is 4.66. The van der Waals surface area contributed by atoms with Crippen LogP contribution in [0.5, 0.6) is 0 Å². The van der Waals surface area contributed by atoms with Crippen LogP contribution >= 0.6 is 22.9 Å². The molecule has 1 amide bonds. The Balaban J connectivity index is 1.67. The third-order valence-electron chi connectivity index (χ3n) is 4.81. The molecule has 0 spiro atoms. The number of halogens is 1. The third kappa shape index (κ3) is 5.44. The number of benzene rings is 1. The molecule has 2 N–H and O–H groups in total. The fraction of sp³-hybridized carbons (Fsp3) is 0.333. The number of carboxylic acid groups (broad SMARTS) is 1. The monoisotopic (exact) mass is 403 g/mol. The number of carbonyl (C=O) groups excluding carboxylic acids is 1. The molecule has 1 aromatic heterocycles. The number of aliphatic carboxylic acids is 1. The number of carboxylic acids is 1. The van der Waals surface area contributed by atoms with Crippen molar-refractivity contribution in [2.24, 2.45) is 5.92 Å². The molecule has 0 bridgehead atoms. The van der Waals surface area contributed by atoms with E-state index in [2.05, 4.69) is 5.32 Å². The molecule has 1 saturated carbocycles. The maximum atomic E-state index is 12.1. The van der Waals surface area contributed by atoms with Gasteiger partial charge in [0.1, 0.15) is 5.70 Å². The minimum atomic E-state index is -1.14. The van der Waals surface area contributed by atoms with Gasteiger partial charge in [-0.05, 0) is 36.6 Å². The second kappa shape index (κ2) is 9.20. The smallest absolute Gasteiger partial charge is 0.352 e. The van der Waals surface area contributed by atoms with E-state index in [0.29, 0.717) is 17.4 Å². The van der Waals surface area contributed by atoms with Gasteiger partial charge in [-0.1, -0.05) is 55.5 Å². The molecule has 1 fully saturated rings. The van der Waals surface area contributed by atoms with E-state index in [-0.39, 0.29) is 11.6 Å². The van der Waals surface area contributed by atoms with Gasteiger partial charge < -0.3 is 10.4 Å². The Morgan fingerprint density at radius 1 is 1.19 bits per heavy atom. The summed E-state index contributed by atoms with van der Waals surface area (Å²) in [5.74, 6) is -0.779. The number of hydrogen-bond donors (Lipinski definition) is 2. The summed E-state index contributed by atoms with van der Waals surface area (Å²) in [6.07, 6.45) is 7.51. The molecule has 1 aromatic carbocycles. The summed E-state index contributed by atoms with van der Waals surface area (Å²) in [6.45, 7) is 0. The highest BCUT2D eigenvalue weighted by Gasteiger charge is 2.18. The van der Waals surface area contributed by atoms with Gasteiger partial charge in [0.2, 0.25) is 5.91 Å². The first-order valence-electron chi connectivity index (χ1n) is 9.12. The van der Waals surface area contributed by atoms with E-state index >= 15 is 0 Å². The average Bonchev–Trinajstić information content (AvgIpc) is 3.31. The molecule has 4 nitrogen and oxygen atoms in total. The third-order valence-corrected chi connectivity index (χ3v) is 6.21. The second-order valence-corrected chi connectivity index (χ2v) is 8.30. The van der Waals surface area contributed by atoms with Crippen LogP contribution in [0.25, 0.3) is 16.5 Å². The summed E-state index contributed by atoms with van der Waals surface area (Å²) in [7, 11) is 0. The Morgan fingerprint density at radius 3 is 2.63 bits per heavy atom. The summed E-state index contributed by atoms with van der Waals surface area (Å²) < 4.78 is 0. The van der Waals surface area contributed by atoms with E-state index in [0.717, 1.165) is 21.7 Å². The molecule has 0 aliphatic heterocycles. The van der Waals surface area contributed by atoms with Gasteiger partial charge >= 0.3 is 5.97 Å². The maximum Gasteiger partial charge on any atom is 0.352 e. The largest absolute Gasteiger partial charge is 0.477 e. The molecular formula is C21H22ClNO3S. The standard InChI is InChI=1S/C21H22ClNO3S/c22-17-8-4-3-7-16(17)19-11-10-15(27-19)13-18(21(25)26)23-20(24)12-9-14-5-1-2-6-14/h3-4,7-8,10-11,13-14H,1-2,5-6,9,12H2,(H,23,24)(H,25,26). The highest BCUT2D eigenvalue weighted by molar-refractivity contribution is 7.16. The van der Waals surface area contributed by atoms with Crippen LogP contribution in [0.3, 0.4) is 0 Å². The molecular weight excluding hydrogens is 382 g/mol. The van der Waals surface area contributed by atoms with E-state index in [1.54, 1.807) is 0 Å². The molecule has 1 heterocycles. The SMILES string of the molecule is O=C(CCC1CCCC1)NC(=Cc1ccc(-c2ccccc2Cl)s1)C(=O)O. The zero-order chi connectivity index (χ0) is 19.2. The number of hydrogen-bond acceptors (Lipinski definition) is 3. The van der Waals surface area contributed by atoms with Gasteiger partial charge in [-0.3, -0.25) is 4.79 Å². The van der Waals surface area contributed by atoms with Crippen molar-refractivity contribution < 1.29 is 14.7 Å². The van der Waals surface area contributed by atoms with Gasteiger partial charge in [-0.15, -0.1) is 11.3 Å². The molecule has 1 aliphatic carbocycles. The van der Waals surface area contributed by atoms with Gasteiger partial charge in [0.15, 0.2) is 0 Å². The highest BCUT2D eigenvalue weighted by atomic mass is 35.5. The van der Waals surface area contributed by atoms with E-state index in [4.69, 9.17) is 11.6 Å². The molecule has 6 heteroatoms. The van der Waals surface area contributed by atoms with Gasteiger partial charge in [0.25, 0.3) is 0 Å². The Hall–Kier alpha value is -2.11. The summed E-state index contributed by atoms with van der Waals surface area (Å²) in [5.41, 5.74) is 0.806. The van der Waals surface area contributed by atoms with Crippen LogP contribution in [-0.4, -0.2) is 17.0 Å². The van der Waals surface area contributed by atoms with Crippen molar-refractivity contribution >= 4 is 40.9 Å². The Kier molecular flexibility index (Phi) is 6.69. The van der Waals surface area contributed by atoms with Crippen LogP contribution in [0.4, 0.5) is 0 Å². The molecule has 0 saturated heterocycles. The van der Waals surface area contributed by atoms with Crippen molar-refractivity contribution in [2.45, 2.75) is 38.5 Å². The molecule has 0 unspecified atom stereocenters. The molecule has 1 aliphatic rings. The van der Waals surface area contributed by atoms with Gasteiger partial charge in [-0.2, -0.15) is 0 Å². The van der Waals surface area contributed by atoms with Crippen LogP contribution in [0.2, 0.25) is 5.02 Å². The van der Waals surface area contributed by atoms with Crippen molar-refractivity contribution in [3.63, 3.8) is 0 Å². The maximum absolute atomic E-state index is 12.1. The summed E-state index contributed by atoms with van der Waals surface area (Å²) >= 11 is 7.65. The summed E-state index contributed by atoms with van der Waals surface area (Å²) in [5, 5.41) is 12.6. The van der Waals surface area contributed by atoms with Crippen molar-refractivity contribution in [1.29, 1.82) is 0 Å². The zero-order valence-corrected chi connectivity index (χ0v) is 16.5. The normalized spacial score (nSPS) is 15.1. The minimum absolute atomic E-state index is 0.0982. The first-order valence-corrected chi connectivity index (χ1v) is 10.3. The van der Waals surface area contributed by atoms with Crippen molar-refractivity contribution in [2.75, 3.05) is 0 Å². The average molecular weight is 404 g/mol. The quantitative estimate of drug-likeness (QED) is 0.593. The fourth-order valence-electron chi connectivity index (χ4n) is 3.38. The second-order valence-electron chi connectivity index (χ2n) is 6.78. The van der Waals surface area contributed by atoms with Crippen LogP contribution in [0.15, 0.2) is 42.1 Å². The number of amides is 1. The van der Waals surface area contributed by atoms with E-state index < -0.39 is 5.97 Å². The zero-order valence-electron chi connectivity index (χ0n) is 14.9. The molecule has 142 valence electrons. The summed E-state index contributed by atoms with van der Waals surface area (Å²) in [4.78, 5) is 25.4. The Morgan fingerprint density at radius 2 is 1.93 bits per heavy atom. The van der Waals surface area contributed by atoms with E-state index in [1.807, 2.05) is 36.4 Å². The summed E-state index contributed by atoms with van der Waals surface area (Å²) in [6, 6.07) is 11.2. The number of nitrogens with one attached hydrogen (secondary N) is 1. The Bertz CT molecular complexity index is 853. The first kappa shape index (κ1) is 19.6. The first-order chi connectivity index (χ1) is 13.0. The van der Waals surface area contributed by atoms with E-state index in [1.165, 1.54) is 43.1 Å². The van der Waals surface area contributed by atoms with Gasteiger partial charge in [0.05, 0.1) is 0 Å². The molecule has 0 radical (unpaired) electrons. The lowest BCUT2D eigenvalue weighted by molar-refractivity contribution is -0.134. The Labute approximate surface area is 167 Å². The number of rotatable bonds is 7. The van der Waals surface area contributed by atoms with Gasteiger partial charge in [0, 0.05) is 26.8 Å². The molecule has 0 atom stereocenters. The highest BCUT2D eigenvalue weighted by Crippen LogP contribution is 2.34. The predicted molar refractivity (Wildman–Crippen MR) is 110 cm³/mol. The lowest BCUT2D eigenvalue weighted by Crippen LogP contribution is -2.27. The molecule has 27 heavy (non-hydrogen) atoms. The minimum Gasteiger partial charge on any atom is -0.477 e. The van der Waals surface area contributed by atoms with Crippen LogP contribution < -0.4 is 5.32 Å². The van der Waals surface area contributed by atoms with Crippen LogP contribution in [-0.2, 0) is 9.59 Å².